The van der Waals surface area contributed by atoms with Gasteiger partial charge in [0.15, 0.2) is 0 Å². The zero-order chi connectivity index (χ0) is 25.2. The van der Waals surface area contributed by atoms with E-state index in [1.807, 2.05) is 13.1 Å². The van der Waals surface area contributed by atoms with Crippen molar-refractivity contribution in [2.75, 3.05) is 6.61 Å². The lowest BCUT2D eigenvalue weighted by atomic mass is 10.2. The number of aromatic nitrogens is 4. The Labute approximate surface area is 206 Å². The van der Waals surface area contributed by atoms with Gasteiger partial charge >= 0.3 is 0 Å². The first-order chi connectivity index (χ1) is 16.5. The normalized spacial score (nSPS) is 12.3. The number of hydrogen-bond acceptors (Lipinski definition) is 6. The molecule has 0 N–H and O–H groups in total. The standard InChI is InChI=1S/C25H30N4O4SSi/c1-19-16-28(18-33-12-13-35(2,3)4)27-24(19)17-29-25(30)23-11-10-22(14-20(23)15-26-29)34(31,32)21-8-6-5-7-9-21/h5-11,14-16H,12-13,17-18H2,1-4H3. The van der Waals surface area contributed by atoms with E-state index < -0.39 is 17.9 Å². The highest BCUT2D eigenvalue weighted by Crippen LogP contribution is 2.23. The molecule has 4 aromatic rings. The van der Waals surface area contributed by atoms with Crippen LogP contribution in [-0.4, -0.2) is 42.7 Å². The van der Waals surface area contributed by atoms with Crippen molar-refractivity contribution >= 4 is 28.7 Å². The van der Waals surface area contributed by atoms with Gasteiger partial charge in [-0.15, -0.1) is 0 Å². The molecule has 0 aliphatic carbocycles. The Morgan fingerprint density at radius 1 is 1.03 bits per heavy atom. The lowest BCUT2D eigenvalue weighted by Crippen LogP contribution is -2.24. The number of ether oxygens (including phenoxy) is 1. The molecule has 184 valence electrons. The molecule has 2 aromatic heterocycles. The smallest absolute Gasteiger partial charge is 0.274 e. The number of sulfone groups is 1. The SMILES string of the molecule is Cc1cn(COCC[Si](C)(C)C)nc1Cn1ncc2cc(S(=O)(=O)c3ccccc3)ccc2c1=O. The largest absolute Gasteiger partial charge is 0.360 e. The van der Waals surface area contributed by atoms with Gasteiger partial charge in [0.2, 0.25) is 9.84 Å². The van der Waals surface area contributed by atoms with Crippen LogP contribution in [0.3, 0.4) is 0 Å². The topological polar surface area (TPSA) is 96.1 Å². The molecule has 4 rings (SSSR count). The Morgan fingerprint density at radius 2 is 1.77 bits per heavy atom. The summed E-state index contributed by atoms with van der Waals surface area (Å²) in [7, 11) is -4.83. The van der Waals surface area contributed by atoms with Crippen molar-refractivity contribution in [3.05, 3.63) is 82.5 Å². The van der Waals surface area contributed by atoms with Gasteiger partial charge in [-0.2, -0.15) is 10.2 Å². The molecule has 0 radical (unpaired) electrons. The highest BCUT2D eigenvalue weighted by molar-refractivity contribution is 7.91. The number of aryl methyl sites for hydroxylation is 1. The van der Waals surface area contributed by atoms with Gasteiger partial charge in [0.05, 0.1) is 33.6 Å². The molecule has 0 spiro atoms. The lowest BCUT2D eigenvalue weighted by molar-refractivity contribution is 0.0782. The van der Waals surface area contributed by atoms with Crippen LogP contribution >= 0.6 is 0 Å². The summed E-state index contributed by atoms with van der Waals surface area (Å²) in [4.78, 5) is 13.4. The fourth-order valence-corrected chi connectivity index (χ4v) is 5.72. The molecule has 0 aliphatic rings. The summed E-state index contributed by atoms with van der Waals surface area (Å²) in [5, 5.41) is 9.72. The maximum absolute atomic E-state index is 13.1. The van der Waals surface area contributed by atoms with E-state index in [9.17, 15) is 13.2 Å². The first kappa shape index (κ1) is 25.0. The van der Waals surface area contributed by atoms with Crippen molar-refractivity contribution in [1.29, 1.82) is 0 Å². The highest BCUT2D eigenvalue weighted by atomic mass is 32.2. The second-order valence-corrected chi connectivity index (χ2v) is 17.4. The Kier molecular flexibility index (Phi) is 7.07. The number of benzene rings is 2. The van der Waals surface area contributed by atoms with Crippen molar-refractivity contribution < 1.29 is 13.2 Å². The number of fused-ring (bicyclic) bond motifs is 1. The van der Waals surface area contributed by atoms with Crippen LogP contribution in [-0.2, 0) is 27.8 Å². The number of rotatable bonds is 9. The van der Waals surface area contributed by atoms with Crippen LogP contribution in [0.2, 0.25) is 25.7 Å². The van der Waals surface area contributed by atoms with E-state index in [1.54, 1.807) is 41.1 Å². The number of nitrogens with zero attached hydrogens (tertiary/aromatic N) is 4. The maximum atomic E-state index is 13.1. The van der Waals surface area contributed by atoms with Gasteiger partial charge in [-0.05, 0) is 48.9 Å². The van der Waals surface area contributed by atoms with E-state index in [2.05, 4.69) is 29.8 Å². The van der Waals surface area contributed by atoms with Gasteiger partial charge in [0, 0.05) is 26.3 Å². The molecular weight excluding hydrogens is 480 g/mol. The molecule has 0 saturated carbocycles. The second kappa shape index (κ2) is 9.88. The summed E-state index contributed by atoms with van der Waals surface area (Å²) in [6, 6.07) is 13.8. The van der Waals surface area contributed by atoms with Crippen molar-refractivity contribution in [2.45, 2.75) is 55.7 Å². The quantitative estimate of drug-likeness (QED) is 0.249. The molecule has 0 atom stereocenters. The fourth-order valence-electron chi connectivity index (χ4n) is 3.64. The van der Waals surface area contributed by atoms with Crippen molar-refractivity contribution in [3.8, 4) is 0 Å². The van der Waals surface area contributed by atoms with Crippen LogP contribution in [0.25, 0.3) is 10.8 Å². The molecular formula is C25H30N4O4SSi. The summed E-state index contributed by atoms with van der Waals surface area (Å²) in [6.07, 6.45) is 3.42. The summed E-state index contributed by atoms with van der Waals surface area (Å²) in [6.45, 7) is 10.2. The third kappa shape index (κ3) is 5.77. The van der Waals surface area contributed by atoms with Crippen molar-refractivity contribution in [2.24, 2.45) is 0 Å². The zero-order valence-corrected chi connectivity index (χ0v) is 22.2. The van der Waals surface area contributed by atoms with Crippen LogP contribution < -0.4 is 5.56 Å². The fraction of sp³-hybridized carbons (Fsp3) is 0.320. The van der Waals surface area contributed by atoms with Crippen molar-refractivity contribution in [1.82, 2.24) is 19.6 Å². The minimum atomic E-state index is -3.68. The van der Waals surface area contributed by atoms with E-state index in [0.29, 0.717) is 24.1 Å². The third-order valence-electron chi connectivity index (χ3n) is 5.75. The summed E-state index contributed by atoms with van der Waals surface area (Å²) in [5.41, 5.74) is 1.37. The minimum absolute atomic E-state index is 0.124. The van der Waals surface area contributed by atoms with Crippen LogP contribution in [0.15, 0.2) is 75.5 Å². The van der Waals surface area contributed by atoms with Gasteiger partial charge < -0.3 is 4.74 Å². The average molecular weight is 511 g/mol. The van der Waals surface area contributed by atoms with Gasteiger partial charge in [0.1, 0.15) is 6.73 Å². The Morgan fingerprint density at radius 3 is 2.49 bits per heavy atom. The molecule has 0 bridgehead atoms. The summed E-state index contributed by atoms with van der Waals surface area (Å²) in [5.74, 6) is 0. The monoisotopic (exact) mass is 510 g/mol. The Bertz CT molecular complexity index is 1510. The molecule has 0 unspecified atom stereocenters. The summed E-state index contributed by atoms with van der Waals surface area (Å²) < 4.78 is 34.7. The molecule has 10 heteroatoms. The van der Waals surface area contributed by atoms with Gasteiger partial charge in [0.25, 0.3) is 5.56 Å². The predicted molar refractivity (Wildman–Crippen MR) is 138 cm³/mol. The molecule has 0 saturated heterocycles. The van der Waals surface area contributed by atoms with Gasteiger partial charge in [-0.25, -0.2) is 17.8 Å². The average Bonchev–Trinajstić information content (AvgIpc) is 3.17. The molecule has 0 aliphatic heterocycles. The van der Waals surface area contributed by atoms with E-state index in [-0.39, 0.29) is 21.9 Å². The molecule has 2 aromatic carbocycles. The minimum Gasteiger partial charge on any atom is -0.360 e. The van der Waals surface area contributed by atoms with E-state index >= 15 is 0 Å². The highest BCUT2D eigenvalue weighted by Gasteiger charge is 2.19. The van der Waals surface area contributed by atoms with Crippen molar-refractivity contribution in [3.63, 3.8) is 0 Å². The predicted octanol–water partition coefficient (Wildman–Crippen LogP) is 4.09. The zero-order valence-electron chi connectivity index (χ0n) is 20.4. The van der Waals surface area contributed by atoms with Crippen LogP contribution in [0, 0.1) is 6.92 Å². The maximum Gasteiger partial charge on any atom is 0.274 e. The van der Waals surface area contributed by atoms with Gasteiger partial charge in [-0.3, -0.25) is 4.79 Å². The third-order valence-corrected chi connectivity index (χ3v) is 9.23. The van der Waals surface area contributed by atoms with Crippen LogP contribution in [0.4, 0.5) is 0 Å². The first-order valence-corrected chi connectivity index (χ1v) is 16.6. The lowest BCUT2D eigenvalue weighted by Gasteiger charge is -2.15. The van der Waals surface area contributed by atoms with Crippen LogP contribution in [0.5, 0.6) is 0 Å². The molecule has 35 heavy (non-hydrogen) atoms. The first-order valence-electron chi connectivity index (χ1n) is 11.5. The molecule has 0 amide bonds. The molecule has 8 nitrogen and oxygen atoms in total. The molecule has 0 fully saturated rings. The van der Waals surface area contributed by atoms with E-state index in [1.165, 1.54) is 23.0 Å². The van der Waals surface area contributed by atoms with E-state index in [4.69, 9.17) is 4.74 Å². The van der Waals surface area contributed by atoms with Gasteiger partial charge in [-0.1, -0.05) is 37.8 Å². The van der Waals surface area contributed by atoms with Crippen LogP contribution in [0.1, 0.15) is 11.3 Å². The van der Waals surface area contributed by atoms with E-state index in [0.717, 1.165) is 17.3 Å². The Hall–Kier alpha value is -3.08. The molecule has 2 heterocycles. The Balaban J connectivity index is 1.53. The number of hydrogen-bond donors (Lipinski definition) is 0. The second-order valence-electron chi connectivity index (χ2n) is 9.82. The summed E-state index contributed by atoms with van der Waals surface area (Å²) >= 11 is 0.